The largest absolute Gasteiger partial charge is 0.383 e. The third kappa shape index (κ3) is 5.40. The summed E-state index contributed by atoms with van der Waals surface area (Å²) in [6, 6.07) is 7.01. The zero-order valence-corrected chi connectivity index (χ0v) is 12.6. The Labute approximate surface area is 121 Å². The van der Waals surface area contributed by atoms with Gasteiger partial charge >= 0.3 is 0 Å². The van der Waals surface area contributed by atoms with Crippen molar-refractivity contribution < 1.29 is 14.3 Å². The number of carbonyl (C=O) groups is 2. The minimum absolute atomic E-state index is 0.0264. The molecule has 0 bridgehead atoms. The van der Waals surface area contributed by atoms with Crippen molar-refractivity contribution in [3.8, 4) is 0 Å². The minimum atomic E-state index is -0.204. The number of methoxy groups -OCH3 is 1. The highest BCUT2D eigenvalue weighted by Gasteiger charge is 2.14. The lowest BCUT2D eigenvalue weighted by molar-refractivity contribution is -0.121. The summed E-state index contributed by atoms with van der Waals surface area (Å²) in [6.07, 6.45) is 0. The van der Waals surface area contributed by atoms with Crippen molar-refractivity contribution in [1.29, 1.82) is 0 Å². The van der Waals surface area contributed by atoms with E-state index in [0.29, 0.717) is 18.7 Å². The Morgan fingerprint density at radius 1 is 1.32 bits per heavy atom. The fraction of sp³-hybridized carbons (Fsp3) is 0.385. The van der Waals surface area contributed by atoms with Crippen LogP contribution in [0.15, 0.2) is 28.7 Å². The van der Waals surface area contributed by atoms with Crippen LogP contribution in [0.5, 0.6) is 0 Å². The van der Waals surface area contributed by atoms with Crippen LogP contribution < -0.4 is 5.32 Å². The van der Waals surface area contributed by atoms with Gasteiger partial charge in [0.05, 0.1) is 13.2 Å². The van der Waals surface area contributed by atoms with Crippen LogP contribution in [-0.2, 0) is 9.53 Å². The summed E-state index contributed by atoms with van der Waals surface area (Å²) in [4.78, 5) is 25.0. The fourth-order valence-corrected chi connectivity index (χ4v) is 1.71. The van der Waals surface area contributed by atoms with Gasteiger partial charge in [0.2, 0.25) is 5.91 Å². The molecular weight excluding hydrogens is 312 g/mol. The Morgan fingerprint density at radius 3 is 2.53 bits per heavy atom. The zero-order chi connectivity index (χ0) is 14.3. The first-order chi connectivity index (χ1) is 9.04. The molecule has 1 N–H and O–H groups in total. The Bertz CT molecular complexity index is 434. The molecule has 0 atom stereocenters. The van der Waals surface area contributed by atoms with Gasteiger partial charge in [0.1, 0.15) is 0 Å². The molecular formula is C13H17BrN2O3. The summed E-state index contributed by atoms with van der Waals surface area (Å²) in [5.41, 5.74) is 0.551. The molecule has 0 unspecified atom stereocenters. The SMILES string of the molecule is COCCNC(=O)CN(C)C(=O)c1ccc(Br)cc1. The molecule has 0 aromatic heterocycles. The maximum atomic E-state index is 12.0. The van der Waals surface area contributed by atoms with Gasteiger partial charge in [0, 0.05) is 30.7 Å². The molecule has 19 heavy (non-hydrogen) atoms. The van der Waals surface area contributed by atoms with Gasteiger partial charge in [-0.15, -0.1) is 0 Å². The fourth-order valence-electron chi connectivity index (χ4n) is 1.45. The summed E-state index contributed by atoms with van der Waals surface area (Å²) in [5, 5.41) is 2.66. The number of nitrogens with zero attached hydrogens (tertiary/aromatic N) is 1. The normalized spacial score (nSPS) is 10.1. The van der Waals surface area contributed by atoms with Crippen molar-refractivity contribution in [1.82, 2.24) is 10.2 Å². The van der Waals surface area contributed by atoms with Crippen LogP contribution in [-0.4, -0.2) is 50.6 Å². The van der Waals surface area contributed by atoms with Gasteiger partial charge in [-0.1, -0.05) is 15.9 Å². The maximum absolute atomic E-state index is 12.0. The van der Waals surface area contributed by atoms with E-state index in [0.717, 1.165) is 4.47 Å². The van der Waals surface area contributed by atoms with Gasteiger partial charge in [-0.05, 0) is 24.3 Å². The second kappa shape index (κ2) is 7.91. The molecule has 0 aliphatic heterocycles. The second-order valence-corrected chi connectivity index (χ2v) is 4.93. The first-order valence-electron chi connectivity index (χ1n) is 5.81. The molecule has 0 aliphatic rings. The molecule has 0 fully saturated rings. The Morgan fingerprint density at radius 2 is 1.95 bits per heavy atom. The topological polar surface area (TPSA) is 58.6 Å². The Kier molecular flexibility index (Phi) is 6.52. The summed E-state index contributed by atoms with van der Waals surface area (Å²) in [6.45, 7) is 0.921. The number of halogens is 1. The van der Waals surface area contributed by atoms with Crippen LogP contribution in [0.25, 0.3) is 0 Å². The molecule has 0 aliphatic carbocycles. The first kappa shape index (κ1) is 15.7. The van der Waals surface area contributed by atoms with Gasteiger partial charge < -0.3 is 15.0 Å². The number of rotatable bonds is 6. The van der Waals surface area contributed by atoms with Crippen LogP contribution in [0.1, 0.15) is 10.4 Å². The van der Waals surface area contributed by atoms with E-state index in [9.17, 15) is 9.59 Å². The predicted molar refractivity (Wildman–Crippen MR) is 76.0 cm³/mol. The van der Waals surface area contributed by atoms with E-state index in [2.05, 4.69) is 21.2 Å². The predicted octanol–water partition coefficient (Wildman–Crippen LogP) is 1.28. The average molecular weight is 329 g/mol. The molecule has 6 heteroatoms. The minimum Gasteiger partial charge on any atom is -0.383 e. The summed E-state index contributed by atoms with van der Waals surface area (Å²) >= 11 is 3.31. The van der Waals surface area contributed by atoms with E-state index in [1.54, 1.807) is 38.4 Å². The van der Waals surface area contributed by atoms with E-state index in [-0.39, 0.29) is 18.4 Å². The third-order valence-corrected chi connectivity index (χ3v) is 2.98. The number of ether oxygens (including phenoxy) is 1. The van der Waals surface area contributed by atoms with Gasteiger partial charge in [-0.3, -0.25) is 9.59 Å². The number of nitrogens with one attached hydrogen (secondary N) is 1. The highest BCUT2D eigenvalue weighted by Crippen LogP contribution is 2.11. The Hall–Kier alpha value is -1.40. The molecule has 5 nitrogen and oxygen atoms in total. The molecule has 1 rings (SSSR count). The molecule has 2 amide bonds. The molecule has 0 spiro atoms. The molecule has 0 heterocycles. The number of hydrogen-bond acceptors (Lipinski definition) is 3. The molecule has 1 aromatic rings. The summed E-state index contributed by atoms with van der Waals surface area (Å²) in [5.74, 6) is -0.389. The molecule has 1 aromatic carbocycles. The Balaban J connectivity index is 2.48. The van der Waals surface area contributed by atoms with Gasteiger partial charge in [-0.25, -0.2) is 0 Å². The molecule has 0 radical (unpaired) electrons. The van der Waals surface area contributed by atoms with Crippen LogP contribution >= 0.6 is 15.9 Å². The first-order valence-corrected chi connectivity index (χ1v) is 6.60. The van der Waals surface area contributed by atoms with E-state index in [1.165, 1.54) is 4.90 Å². The number of carbonyl (C=O) groups excluding carboxylic acids is 2. The monoisotopic (exact) mass is 328 g/mol. The zero-order valence-electron chi connectivity index (χ0n) is 11.0. The van der Waals surface area contributed by atoms with E-state index >= 15 is 0 Å². The van der Waals surface area contributed by atoms with E-state index in [1.807, 2.05) is 0 Å². The van der Waals surface area contributed by atoms with Crippen LogP contribution in [0.2, 0.25) is 0 Å². The lowest BCUT2D eigenvalue weighted by atomic mass is 10.2. The van der Waals surface area contributed by atoms with Crippen molar-refractivity contribution >= 4 is 27.7 Å². The smallest absolute Gasteiger partial charge is 0.254 e. The number of benzene rings is 1. The second-order valence-electron chi connectivity index (χ2n) is 4.01. The molecule has 0 saturated heterocycles. The number of amides is 2. The maximum Gasteiger partial charge on any atom is 0.254 e. The van der Waals surface area contributed by atoms with Gasteiger partial charge in [0.15, 0.2) is 0 Å². The lowest BCUT2D eigenvalue weighted by Gasteiger charge is -2.16. The molecule has 0 saturated carbocycles. The van der Waals surface area contributed by atoms with Crippen LogP contribution in [0, 0.1) is 0 Å². The number of hydrogen-bond donors (Lipinski definition) is 1. The van der Waals surface area contributed by atoms with E-state index in [4.69, 9.17) is 4.74 Å². The highest BCUT2D eigenvalue weighted by molar-refractivity contribution is 9.10. The third-order valence-electron chi connectivity index (χ3n) is 2.45. The standard InChI is InChI=1S/C13H17BrN2O3/c1-16(9-12(17)15-7-8-19-2)13(18)10-3-5-11(14)6-4-10/h3-6H,7-9H2,1-2H3,(H,15,17). The molecule has 104 valence electrons. The lowest BCUT2D eigenvalue weighted by Crippen LogP contribution is -2.39. The van der Waals surface area contributed by atoms with Crippen molar-refractivity contribution in [2.24, 2.45) is 0 Å². The van der Waals surface area contributed by atoms with Crippen molar-refractivity contribution in [2.45, 2.75) is 0 Å². The quantitative estimate of drug-likeness (QED) is 0.800. The summed E-state index contributed by atoms with van der Waals surface area (Å²) in [7, 11) is 3.16. The van der Waals surface area contributed by atoms with Gasteiger partial charge in [-0.2, -0.15) is 0 Å². The number of likely N-dealkylation sites (N-methyl/N-ethyl adjacent to an activating group) is 1. The van der Waals surface area contributed by atoms with Crippen LogP contribution in [0.4, 0.5) is 0 Å². The summed E-state index contributed by atoms with van der Waals surface area (Å²) < 4.78 is 5.73. The van der Waals surface area contributed by atoms with Crippen molar-refractivity contribution in [2.75, 3.05) is 33.9 Å². The average Bonchev–Trinajstić information content (AvgIpc) is 2.39. The van der Waals surface area contributed by atoms with Crippen molar-refractivity contribution in [3.05, 3.63) is 34.3 Å². The van der Waals surface area contributed by atoms with Gasteiger partial charge in [0.25, 0.3) is 5.91 Å². The van der Waals surface area contributed by atoms with E-state index < -0.39 is 0 Å². The highest BCUT2D eigenvalue weighted by atomic mass is 79.9. The van der Waals surface area contributed by atoms with Crippen LogP contribution in [0.3, 0.4) is 0 Å². The van der Waals surface area contributed by atoms with Crippen molar-refractivity contribution in [3.63, 3.8) is 0 Å².